The van der Waals surface area contributed by atoms with Crippen molar-refractivity contribution in [3.63, 3.8) is 0 Å². The van der Waals surface area contributed by atoms with Gasteiger partial charge in [-0.3, -0.25) is 9.59 Å². The first-order chi connectivity index (χ1) is 8.70. The molecule has 0 aliphatic rings. The monoisotopic (exact) mass is 275 g/mol. The number of carboxylic acid groups (broad SMARTS) is 1. The first-order valence-corrected chi connectivity index (χ1v) is 5.38. The highest BCUT2D eigenvalue weighted by atomic mass is 19.4. The van der Waals surface area contributed by atoms with Gasteiger partial charge in [0.15, 0.2) is 0 Å². The van der Waals surface area contributed by atoms with Crippen molar-refractivity contribution in [3.05, 3.63) is 35.4 Å². The quantitative estimate of drug-likeness (QED) is 0.881. The first kappa shape index (κ1) is 15.0. The van der Waals surface area contributed by atoms with E-state index in [1.54, 1.807) is 0 Å². The molecule has 104 valence electrons. The molecule has 1 aromatic carbocycles. The zero-order valence-electron chi connectivity index (χ0n) is 9.99. The maximum atomic E-state index is 12.3. The SMILES string of the molecule is C[C@@H](NC(=O)Cc1ccc(C(F)(F)F)cc1)C(=O)O. The summed E-state index contributed by atoms with van der Waals surface area (Å²) in [5.41, 5.74) is -0.418. The molecular formula is C12H12F3NO3. The maximum absolute atomic E-state index is 12.3. The molecule has 4 nitrogen and oxygen atoms in total. The normalized spacial score (nSPS) is 12.8. The fourth-order valence-corrected chi connectivity index (χ4v) is 1.35. The lowest BCUT2D eigenvalue weighted by Crippen LogP contribution is -2.39. The van der Waals surface area contributed by atoms with Crippen LogP contribution in [-0.4, -0.2) is 23.0 Å². The van der Waals surface area contributed by atoms with Crippen molar-refractivity contribution in [2.24, 2.45) is 0 Å². The number of hydrogen-bond donors (Lipinski definition) is 2. The van der Waals surface area contributed by atoms with Crippen LogP contribution in [0.5, 0.6) is 0 Å². The zero-order valence-corrected chi connectivity index (χ0v) is 9.99. The van der Waals surface area contributed by atoms with Gasteiger partial charge < -0.3 is 10.4 Å². The van der Waals surface area contributed by atoms with Crippen LogP contribution >= 0.6 is 0 Å². The molecule has 0 fully saturated rings. The van der Waals surface area contributed by atoms with E-state index in [0.717, 1.165) is 12.1 Å². The number of hydrogen-bond acceptors (Lipinski definition) is 2. The molecule has 0 aliphatic carbocycles. The molecule has 0 saturated heterocycles. The van der Waals surface area contributed by atoms with E-state index < -0.39 is 29.7 Å². The van der Waals surface area contributed by atoms with Crippen LogP contribution < -0.4 is 5.32 Å². The lowest BCUT2D eigenvalue weighted by atomic mass is 10.1. The molecule has 0 heterocycles. The van der Waals surface area contributed by atoms with Gasteiger partial charge in [0.1, 0.15) is 6.04 Å². The number of rotatable bonds is 4. The lowest BCUT2D eigenvalue weighted by Gasteiger charge is -2.10. The number of carbonyl (C=O) groups excluding carboxylic acids is 1. The van der Waals surface area contributed by atoms with E-state index in [1.807, 2.05) is 0 Å². The summed E-state index contributed by atoms with van der Waals surface area (Å²) >= 11 is 0. The molecule has 7 heteroatoms. The van der Waals surface area contributed by atoms with E-state index in [1.165, 1.54) is 19.1 Å². The fourth-order valence-electron chi connectivity index (χ4n) is 1.35. The molecule has 0 unspecified atom stereocenters. The first-order valence-electron chi connectivity index (χ1n) is 5.38. The molecular weight excluding hydrogens is 263 g/mol. The minimum atomic E-state index is -4.42. The van der Waals surface area contributed by atoms with Crippen LogP contribution in [0.1, 0.15) is 18.1 Å². The zero-order chi connectivity index (χ0) is 14.6. The number of carbonyl (C=O) groups is 2. The van der Waals surface area contributed by atoms with Gasteiger partial charge in [0.2, 0.25) is 5.91 Å². The Morgan fingerprint density at radius 3 is 2.21 bits per heavy atom. The van der Waals surface area contributed by atoms with Crippen LogP contribution in [0.15, 0.2) is 24.3 Å². The summed E-state index contributed by atoms with van der Waals surface area (Å²) in [5, 5.41) is 10.8. The van der Waals surface area contributed by atoms with Gasteiger partial charge in [-0.1, -0.05) is 12.1 Å². The lowest BCUT2D eigenvalue weighted by molar-refractivity contribution is -0.141. The van der Waals surface area contributed by atoms with Gasteiger partial charge in [0.05, 0.1) is 12.0 Å². The van der Waals surface area contributed by atoms with Crippen molar-refractivity contribution in [3.8, 4) is 0 Å². The minimum Gasteiger partial charge on any atom is -0.480 e. The number of amides is 1. The summed E-state index contributed by atoms with van der Waals surface area (Å²) in [5.74, 6) is -1.74. The van der Waals surface area contributed by atoms with Crippen LogP contribution in [-0.2, 0) is 22.2 Å². The topological polar surface area (TPSA) is 66.4 Å². The summed E-state index contributed by atoms with van der Waals surface area (Å²) in [7, 11) is 0. The number of benzene rings is 1. The van der Waals surface area contributed by atoms with Crippen LogP contribution in [0.3, 0.4) is 0 Å². The van der Waals surface area contributed by atoms with E-state index >= 15 is 0 Å². The van der Waals surface area contributed by atoms with Crippen molar-refractivity contribution in [1.82, 2.24) is 5.32 Å². The predicted molar refractivity (Wildman–Crippen MR) is 60.4 cm³/mol. The summed E-state index contributed by atoms with van der Waals surface area (Å²) in [4.78, 5) is 21.9. The third-order valence-electron chi connectivity index (χ3n) is 2.39. The molecule has 0 aliphatic heterocycles. The van der Waals surface area contributed by atoms with Gasteiger partial charge in [-0.2, -0.15) is 13.2 Å². The third kappa shape index (κ3) is 4.61. The van der Waals surface area contributed by atoms with Gasteiger partial charge in [-0.15, -0.1) is 0 Å². The molecule has 0 spiro atoms. The Hall–Kier alpha value is -2.05. The average molecular weight is 275 g/mol. The number of aliphatic carboxylic acids is 1. The molecule has 0 aromatic heterocycles. The highest BCUT2D eigenvalue weighted by Gasteiger charge is 2.30. The Morgan fingerprint density at radius 1 is 1.26 bits per heavy atom. The van der Waals surface area contributed by atoms with Crippen molar-refractivity contribution in [2.75, 3.05) is 0 Å². The van der Waals surface area contributed by atoms with Crippen molar-refractivity contribution in [2.45, 2.75) is 25.6 Å². The number of nitrogens with one attached hydrogen (secondary N) is 1. The molecule has 19 heavy (non-hydrogen) atoms. The van der Waals surface area contributed by atoms with Crippen LogP contribution in [0, 0.1) is 0 Å². The fraction of sp³-hybridized carbons (Fsp3) is 0.333. The Bertz CT molecular complexity index is 468. The Kier molecular flexibility index (Phi) is 4.52. The number of carboxylic acids is 1. The predicted octanol–water partition coefficient (Wildman–Crippen LogP) is 1.84. The van der Waals surface area contributed by atoms with E-state index in [-0.39, 0.29) is 6.42 Å². The molecule has 2 N–H and O–H groups in total. The largest absolute Gasteiger partial charge is 0.480 e. The minimum absolute atomic E-state index is 0.171. The molecule has 1 atom stereocenters. The summed E-state index contributed by atoms with van der Waals surface area (Å²) in [6.45, 7) is 1.30. The highest BCUT2D eigenvalue weighted by molar-refractivity contribution is 5.84. The van der Waals surface area contributed by atoms with E-state index in [4.69, 9.17) is 5.11 Å². The second-order valence-electron chi connectivity index (χ2n) is 4.00. The van der Waals surface area contributed by atoms with Crippen molar-refractivity contribution < 1.29 is 27.9 Å². The third-order valence-corrected chi connectivity index (χ3v) is 2.39. The number of halogens is 3. The molecule has 0 saturated carbocycles. The second-order valence-corrected chi connectivity index (χ2v) is 4.00. The van der Waals surface area contributed by atoms with Crippen molar-refractivity contribution >= 4 is 11.9 Å². The average Bonchev–Trinajstić information content (AvgIpc) is 2.28. The van der Waals surface area contributed by atoms with Gasteiger partial charge in [0, 0.05) is 0 Å². The smallest absolute Gasteiger partial charge is 0.416 e. The molecule has 0 radical (unpaired) electrons. The Labute approximate surface area is 107 Å². The number of alkyl halides is 3. The van der Waals surface area contributed by atoms with E-state index in [9.17, 15) is 22.8 Å². The standard InChI is InChI=1S/C12H12F3NO3/c1-7(11(18)19)16-10(17)6-8-2-4-9(5-3-8)12(13,14)15/h2-5,7H,6H2,1H3,(H,16,17)(H,18,19)/t7-/m1/s1. The van der Waals surface area contributed by atoms with E-state index in [2.05, 4.69) is 5.32 Å². The van der Waals surface area contributed by atoms with Crippen LogP contribution in [0.4, 0.5) is 13.2 Å². The molecule has 0 bridgehead atoms. The highest BCUT2D eigenvalue weighted by Crippen LogP contribution is 2.29. The summed E-state index contributed by atoms with van der Waals surface area (Å²) in [6, 6.07) is 3.09. The van der Waals surface area contributed by atoms with Gasteiger partial charge >= 0.3 is 12.1 Å². The molecule has 1 rings (SSSR count). The van der Waals surface area contributed by atoms with Gasteiger partial charge in [-0.25, -0.2) is 0 Å². The van der Waals surface area contributed by atoms with Crippen LogP contribution in [0.2, 0.25) is 0 Å². The van der Waals surface area contributed by atoms with Crippen molar-refractivity contribution in [1.29, 1.82) is 0 Å². The van der Waals surface area contributed by atoms with Gasteiger partial charge in [-0.05, 0) is 24.6 Å². The second kappa shape index (κ2) is 5.73. The van der Waals surface area contributed by atoms with Gasteiger partial charge in [0.25, 0.3) is 0 Å². The molecule has 1 amide bonds. The van der Waals surface area contributed by atoms with E-state index in [0.29, 0.717) is 5.56 Å². The summed E-state index contributed by atoms with van der Waals surface area (Å²) < 4.78 is 36.9. The summed E-state index contributed by atoms with van der Waals surface area (Å²) in [6.07, 6.45) is -4.59. The Morgan fingerprint density at radius 2 is 1.79 bits per heavy atom. The maximum Gasteiger partial charge on any atom is 0.416 e. The van der Waals surface area contributed by atoms with Crippen LogP contribution in [0.25, 0.3) is 0 Å². The Balaban J connectivity index is 2.63. The molecule has 1 aromatic rings.